The van der Waals surface area contributed by atoms with Crippen molar-refractivity contribution in [3.8, 4) is 11.5 Å². The second-order valence-electron chi connectivity index (χ2n) is 6.98. The van der Waals surface area contributed by atoms with E-state index < -0.39 is 9.84 Å². The van der Waals surface area contributed by atoms with Gasteiger partial charge in [-0.1, -0.05) is 12.5 Å². The highest BCUT2D eigenvalue weighted by atomic mass is 35.5. The zero-order valence-corrected chi connectivity index (χ0v) is 17.3. The number of benzene rings is 2. The number of rotatable bonds is 6. The number of carbonyl (C=O) groups is 1. The average Bonchev–Trinajstić information content (AvgIpc) is 3.01. The molecule has 6 nitrogen and oxygen atoms in total. The quantitative estimate of drug-likeness (QED) is 0.735. The van der Waals surface area contributed by atoms with E-state index in [4.69, 9.17) is 10.5 Å². The van der Waals surface area contributed by atoms with Crippen LogP contribution in [-0.2, 0) is 14.6 Å². The third-order valence-electron chi connectivity index (χ3n) is 4.77. The molecule has 28 heavy (non-hydrogen) atoms. The maximum Gasteiger partial charge on any atom is 0.224 e. The molecule has 0 aromatic heterocycles. The molecule has 0 bridgehead atoms. The van der Waals surface area contributed by atoms with Gasteiger partial charge in [-0.2, -0.15) is 0 Å². The van der Waals surface area contributed by atoms with Crippen molar-refractivity contribution in [3.05, 3.63) is 48.5 Å². The van der Waals surface area contributed by atoms with Crippen LogP contribution < -0.4 is 15.8 Å². The Morgan fingerprint density at radius 3 is 2.46 bits per heavy atom. The van der Waals surface area contributed by atoms with Crippen LogP contribution in [0.5, 0.6) is 11.5 Å². The fourth-order valence-corrected chi connectivity index (χ4v) is 3.94. The normalized spacial score (nSPS) is 18.9. The number of hydrogen-bond donors (Lipinski definition) is 2. The van der Waals surface area contributed by atoms with Crippen molar-refractivity contribution in [2.75, 3.05) is 11.6 Å². The Balaban J connectivity index is 0.00000280. The lowest BCUT2D eigenvalue weighted by atomic mass is 10.00. The standard InChI is InChI=1S/C20H24N2O4S.ClH/c1-27(24,25)18-6-3-5-17(13-18)26-16-10-8-15(9-11-16)22-20(23)12-14-4-2-7-19(14)21;/h3,5-6,8-11,13-14,19H,2,4,7,12,21H2,1H3,(H,22,23);1H/t14-,19+;/m0./s1. The highest BCUT2D eigenvalue weighted by Crippen LogP contribution is 2.28. The Morgan fingerprint density at radius 1 is 1.14 bits per heavy atom. The van der Waals surface area contributed by atoms with Gasteiger partial charge in [0.1, 0.15) is 11.5 Å². The molecule has 1 aliphatic carbocycles. The number of hydrogen-bond acceptors (Lipinski definition) is 5. The molecule has 1 saturated carbocycles. The van der Waals surface area contributed by atoms with Gasteiger partial charge in [0.05, 0.1) is 4.90 Å². The summed E-state index contributed by atoms with van der Waals surface area (Å²) in [6, 6.07) is 13.4. The van der Waals surface area contributed by atoms with Crippen LogP contribution >= 0.6 is 12.4 Å². The molecule has 1 amide bonds. The second kappa shape index (κ2) is 9.41. The van der Waals surface area contributed by atoms with E-state index in [-0.39, 0.29) is 35.2 Å². The number of amides is 1. The molecule has 0 unspecified atom stereocenters. The molecule has 0 saturated heterocycles. The van der Waals surface area contributed by atoms with E-state index in [1.807, 2.05) is 0 Å². The first-order chi connectivity index (χ1) is 12.8. The number of carbonyl (C=O) groups excluding carboxylic acids is 1. The minimum Gasteiger partial charge on any atom is -0.457 e. The topological polar surface area (TPSA) is 98.5 Å². The third kappa shape index (κ3) is 5.95. The Kier molecular flexibility index (Phi) is 7.46. The van der Waals surface area contributed by atoms with Crippen LogP contribution in [0.4, 0.5) is 5.69 Å². The first-order valence-electron chi connectivity index (χ1n) is 8.95. The van der Waals surface area contributed by atoms with E-state index in [0.717, 1.165) is 25.5 Å². The van der Waals surface area contributed by atoms with Crippen molar-refractivity contribution in [1.29, 1.82) is 0 Å². The molecule has 2 atom stereocenters. The van der Waals surface area contributed by atoms with Gasteiger partial charge in [0.2, 0.25) is 5.91 Å². The maximum absolute atomic E-state index is 12.2. The van der Waals surface area contributed by atoms with Crippen LogP contribution in [0.2, 0.25) is 0 Å². The monoisotopic (exact) mass is 424 g/mol. The smallest absolute Gasteiger partial charge is 0.224 e. The zero-order chi connectivity index (χ0) is 19.4. The van der Waals surface area contributed by atoms with Gasteiger partial charge in [0.25, 0.3) is 0 Å². The predicted molar refractivity (Wildman–Crippen MR) is 112 cm³/mol. The summed E-state index contributed by atoms with van der Waals surface area (Å²) in [4.78, 5) is 12.4. The highest BCUT2D eigenvalue weighted by Gasteiger charge is 2.26. The van der Waals surface area contributed by atoms with E-state index in [1.165, 1.54) is 12.1 Å². The predicted octanol–water partition coefficient (Wildman–Crippen LogP) is 3.76. The van der Waals surface area contributed by atoms with Crippen molar-refractivity contribution in [2.45, 2.75) is 36.6 Å². The van der Waals surface area contributed by atoms with Crippen LogP contribution in [0.25, 0.3) is 0 Å². The molecule has 0 spiro atoms. The molecular weight excluding hydrogens is 400 g/mol. The Morgan fingerprint density at radius 2 is 1.86 bits per heavy atom. The summed E-state index contributed by atoms with van der Waals surface area (Å²) in [5.41, 5.74) is 6.70. The molecule has 0 radical (unpaired) electrons. The molecular formula is C20H25ClN2O4S. The van der Waals surface area contributed by atoms with Gasteiger partial charge >= 0.3 is 0 Å². The number of ether oxygens (including phenoxy) is 1. The van der Waals surface area contributed by atoms with Gasteiger partial charge in [0, 0.05) is 24.4 Å². The summed E-state index contributed by atoms with van der Waals surface area (Å²) in [6.45, 7) is 0. The lowest BCUT2D eigenvalue weighted by molar-refractivity contribution is -0.117. The molecule has 8 heteroatoms. The van der Waals surface area contributed by atoms with Crippen LogP contribution in [0, 0.1) is 5.92 Å². The summed E-state index contributed by atoms with van der Waals surface area (Å²) < 4.78 is 29.0. The molecule has 3 N–H and O–H groups in total. The molecule has 0 aliphatic heterocycles. The maximum atomic E-state index is 12.2. The van der Waals surface area contributed by atoms with Gasteiger partial charge < -0.3 is 15.8 Å². The van der Waals surface area contributed by atoms with Crippen molar-refractivity contribution in [3.63, 3.8) is 0 Å². The SMILES string of the molecule is CS(=O)(=O)c1cccc(Oc2ccc(NC(=O)C[C@@H]3CCC[C@H]3N)cc2)c1.Cl. The van der Waals surface area contributed by atoms with Gasteiger partial charge in [-0.3, -0.25) is 4.79 Å². The Hall–Kier alpha value is -2.09. The van der Waals surface area contributed by atoms with Gasteiger partial charge in [-0.25, -0.2) is 8.42 Å². The first-order valence-corrected chi connectivity index (χ1v) is 10.8. The molecule has 1 aliphatic rings. The van der Waals surface area contributed by atoms with Crippen LogP contribution in [0.15, 0.2) is 53.4 Å². The fraction of sp³-hybridized carbons (Fsp3) is 0.350. The number of nitrogens with two attached hydrogens (primary N) is 1. The first kappa shape index (κ1) is 22.2. The van der Waals surface area contributed by atoms with E-state index in [2.05, 4.69) is 5.32 Å². The molecule has 0 heterocycles. The third-order valence-corrected chi connectivity index (χ3v) is 5.88. The van der Waals surface area contributed by atoms with Gasteiger partial charge in [-0.05, 0) is 61.2 Å². The summed E-state index contributed by atoms with van der Waals surface area (Å²) in [5.74, 6) is 1.21. The van der Waals surface area contributed by atoms with Crippen molar-refractivity contribution in [1.82, 2.24) is 0 Å². The Bertz CT molecular complexity index is 916. The second-order valence-corrected chi connectivity index (χ2v) is 9.00. The van der Waals surface area contributed by atoms with Crippen molar-refractivity contribution in [2.24, 2.45) is 11.7 Å². The lowest BCUT2D eigenvalue weighted by Crippen LogP contribution is -2.28. The van der Waals surface area contributed by atoms with E-state index in [1.54, 1.807) is 36.4 Å². The number of anilines is 1. The fourth-order valence-electron chi connectivity index (χ4n) is 3.28. The van der Waals surface area contributed by atoms with Crippen LogP contribution in [-0.4, -0.2) is 26.6 Å². The van der Waals surface area contributed by atoms with Crippen molar-refractivity contribution >= 4 is 33.8 Å². The Labute approximate surface area is 171 Å². The number of halogens is 1. The van der Waals surface area contributed by atoms with Gasteiger partial charge in [0.15, 0.2) is 9.84 Å². The van der Waals surface area contributed by atoms with Gasteiger partial charge in [-0.15, -0.1) is 12.4 Å². The molecule has 152 valence electrons. The largest absolute Gasteiger partial charge is 0.457 e. The molecule has 3 rings (SSSR count). The summed E-state index contributed by atoms with van der Waals surface area (Å²) in [7, 11) is -3.29. The minimum atomic E-state index is -3.29. The number of sulfone groups is 1. The highest BCUT2D eigenvalue weighted by molar-refractivity contribution is 7.90. The summed E-state index contributed by atoms with van der Waals surface area (Å²) in [5, 5.41) is 2.88. The van der Waals surface area contributed by atoms with Crippen LogP contribution in [0.3, 0.4) is 0 Å². The van der Waals surface area contributed by atoms with E-state index in [9.17, 15) is 13.2 Å². The average molecular weight is 425 g/mol. The number of nitrogens with one attached hydrogen (secondary N) is 1. The van der Waals surface area contributed by atoms with E-state index >= 15 is 0 Å². The lowest BCUT2D eigenvalue weighted by Gasteiger charge is -2.15. The summed E-state index contributed by atoms with van der Waals surface area (Å²) in [6.07, 6.45) is 4.68. The molecule has 2 aromatic carbocycles. The molecule has 1 fully saturated rings. The molecule has 2 aromatic rings. The minimum absolute atomic E-state index is 0. The zero-order valence-electron chi connectivity index (χ0n) is 15.6. The van der Waals surface area contributed by atoms with E-state index in [0.29, 0.717) is 23.6 Å². The summed E-state index contributed by atoms with van der Waals surface area (Å²) >= 11 is 0. The van der Waals surface area contributed by atoms with Crippen LogP contribution in [0.1, 0.15) is 25.7 Å². The van der Waals surface area contributed by atoms with Crippen molar-refractivity contribution < 1.29 is 17.9 Å².